The van der Waals surface area contributed by atoms with Crippen LogP contribution in [0, 0.1) is 0 Å². The van der Waals surface area contributed by atoms with E-state index >= 15 is 0 Å². The van der Waals surface area contributed by atoms with E-state index in [1.54, 1.807) is 10.7 Å². The third-order valence-electron chi connectivity index (χ3n) is 4.03. The molecular formula is C18H17N5O2. The molecule has 0 saturated heterocycles. The first-order chi connectivity index (χ1) is 12.1. The molecule has 0 bridgehead atoms. The van der Waals surface area contributed by atoms with Gasteiger partial charge in [0.15, 0.2) is 0 Å². The molecule has 0 atom stereocenters. The number of benzene rings is 1. The fourth-order valence-corrected chi connectivity index (χ4v) is 2.80. The van der Waals surface area contributed by atoms with Crippen molar-refractivity contribution in [3.05, 3.63) is 65.2 Å². The molecule has 0 aliphatic carbocycles. The van der Waals surface area contributed by atoms with Crippen molar-refractivity contribution in [1.29, 1.82) is 0 Å². The molecule has 0 amide bonds. The van der Waals surface area contributed by atoms with Gasteiger partial charge in [-0.15, -0.1) is 0 Å². The van der Waals surface area contributed by atoms with E-state index in [0.717, 1.165) is 16.8 Å². The van der Waals surface area contributed by atoms with E-state index in [1.165, 1.54) is 6.33 Å². The summed E-state index contributed by atoms with van der Waals surface area (Å²) in [4.78, 5) is 19.0. The van der Waals surface area contributed by atoms with E-state index in [2.05, 4.69) is 15.1 Å². The number of fused-ring (bicyclic) bond motifs is 1. The predicted octanol–water partition coefficient (Wildman–Crippen LogP) is 2.24. The number of aromatic amines is 1. The highest BCUT2D eigenvalue weighted by atomic mass is 16.5. The minimum atomic E-state index is -0.168. The van der Waals surface area contributed by atoms with Crippen LogP contribution in [0.1, 0.15) is 5.69 Å². The van der Waals surface area contributed by atoms with Gasteiger partial charge in [0.2, 0.25) is 0 Å². The van der Waals surface area contributed by atoms with Crippen LogP contribution >= 0.6 is 0 Å². The number of hydrogen-bond donors (Lipinski definition) is 1. The second kappa shape index (κ2) is 5.94. The highest BCUT2D eigenvalue weighted by molar-refractivity contribution is 5.87. The molecule has 0 aliphatic heterocycles. The first kappa shape index (κ1) is 15.2. The Kier molecular flexibility index (Phi) is 3.61. The van der Waals surface area contributed by atoms with Gasteiger partial charge in [-0.25, -0.2) is 4.98 Å². The van der Waals surface area contributed by atoms with Gasteiger partial charge in [-0.05, 0) is 18.2 Å². The maximum Gasteiger partial charge on any atom is 0.258 e. The molecule has 1 N–H and O–H groups in total. The summed E-state index contributed by atoms with van der Waals surface area (Å²) in [5.41, 5.74) is 3.09. The van der Waals surface area contributed by atoms with Crippen LogP contribution in [-0.4, -0.2) is 24.3 Å². The molecule has 7 heteroatoms. The van der Waals surface area contributed by atoms with Gasteiger partial charge in [0.25, 0.3) is 5.56 Å². The number of aromatic nitrogens is 5. The van der Waals surface area contributed by atoms with Crippen molar-refractivity contribution in [3.8, 4) is 16.9 Å². The van der Waals surface area contributed by atoms with E-state index in [-0.39, 0.29) is 5.56 Å². The SMILES string of the molecule is Cn1ccc(-c2cc3c(=O)[nH]cnc3cc2OCc2ccn(C)n2)c1. The highest BCUT2D eigenvalue weighted by Gasteiger charge is 2.13. The van der Waals surface area contributed by atoms with Crippen molar-refractivity contribution in [2.75, 3.05) is 0 Å². The minimum Gasteiger partial charge on any atom is -0.486 e. The lowest BCUT2D eigenvalue weighted by Crippen LogP contribution is -2.07. The lowest BCUT2D eigenvalue weighted by atomic mass is 10.1. The van der Waals surface area contributed by atoms with E-state index in [4.69, 9.17) is 4.74 Å². The number of aryl methyl sites for hydroxylation is 2. The maximum absolute atomic E-state index is 12.1. The average Bonchev–Trinajstić information content (AvgIpc) is 3.21. The van der Waals surface area contributed by atoms with Gasteiger partial charge < -0.3 is 14.3 Å². The molecule has 3 aromatic heterocycles. The summed E-state index contributed by atoms with van der Waals surface area (Å²) in [6, 6.07) is 7.52. The number of ether oxygens (including phenoxy) is 1. The van der Waals surface area contributed by atoms with Crippen molar-refractivity contribution in [2.24, 2.45) is 14.1 Å². The second-order valence-electron chi connectivity index (χ2n) is 5.93. The number of hydrogen-bond acceptors (Lipinski definition) is 4. The fraction of sp³-hybridized carbons (Fsp3) is 0.167. The molecule has 25 heavy (non-hydrogen) atoms. The minimum absolute atomic E-state index is 0.168. The van der Waals surface area contributed by atoms with Gasteiger partial charge >= 0.3 is 0 Å². The summed E-state index contributed by atoms with van der Waals surface area (Å²) in [5.74, 6) is 0.669. The van der Waals surface area contributed by atoms with Crippen LogP contribution in [0.3, 0.4) is 0 Å². The van der Waals surface area contributed by atoms with Crippen LogP contribution in [0.5, 0.6) is 5.75 Å². The zero-order chi connectivity index (χ0) is 17.4. The number of rotatable bonds is 4. The van der Waals surface area contributed by atoms with Crippen LogP contribution < -0.4 is 10.3 Å². The third-order valence-corrected chi connectivity index (χ3v) is 4.03. The van der Waals surface area contributed by atoms with E-state index in [1.807, 2.05) is 55.5 Å². The molecule has 4 rings (SSSR count). The normalized spacial score (nSPS) is 11.1. The predicted molar refractivity (Wildman–Crippen MR) is 94.3 cm³/mol. The molecule has 4 aromatic rings. The zero-order valence-electron chi connectivity index (χ0n) is 13.9. The van der Waals surface area contributed by atoms with Crippen molar-refractivity contribution in [2.45, 2.75) is 6.61 Å². The van der Waals surface area contributed by atoms with Crippen molar-refractivity contribution in [1.82, 2.24) is 24.3 Å². The smallest absolute Gasteiger partial charge is 0.258 e. The Bertz CT molecular complexity index is 1110. The van der Waals surface area contributed by atoms with Crippen molar-refractivity contribution in [3.63, 3.8) is 0 Å². The zero-order valence-corrected chi connectivity index (χ0v) is 13.9. The monoisotopic (exact) mass is 335 g/mol. The molecule has 3 heterocycles. The molecule has 0 fully saturated rings. The van der Waals surface area contributed by atoms with Crippen LogP contribution in [0.15, 0.2) is 54.0 Å². The standard InChI is InChI=1S/C18H17N5O2/c1-22-5-3-12(9-22)14-7-15-16(19-11-20-18(15)24)8-17(14)25-10-13-4-6-23(2)21-13/h3-9,11H,10H2,1-2H3,(H,19,20,24). The Balaban J connectivity index is 1.81. The van der Waals surface area contributed by atoms with E-state index < -0.39 is 0 Å². The molecule has 126 valence electrons. The van der Waals surface area contributed by atoms with Crippen LogP contribution in [-0.2, 0) is 20.7 Å². The lowest BCUT2D eigenvalue weighted by Gasteiger charge is -2.11. The average molecular weight is 335 g/mol. The van der Waals surface area contributed by atoms with Crippen LogP contribution in [0.2, 0.25) is 0 Å². The Morgan fingerprint density at radius 3 is 2.80 bits per heavy atom. The molecule has 0 radical (unpaired) electrons. The Labute approximate surface area is 143 Å². The van der Waals surface area contributed by atoms with Gasteiger partial charge in [-0.1, -0.05) is 0 Å². The largest absolute Gasteiger partial charge is 0.486 e. The topological polar surface area (TPSA) is 77.7 Å². The molecule has 0 aliphatic rings. The summed E-state index contributed by atoms with van der Waals surface area (Å²) in [5, 5.41) is 4.86. The van der Waals surface area contributed by atoms with E-state index in [0.29, 0.717) is 23.3 Å². The Morgan fingerprint density at radius 1 is 1.20 bits per heavy atom. The number of nitrogens with zero attached hydrogens (tertiary/aromatic N) is 4. The van der Waals surface area contributed by atoms with Gasteiger partial charge in [-0.2, -0.15) is 5.10 Å². The second-order valence-corrected chi connectivity index (χ2v) is 5.93. The third kappa shape index (κ3) is 2.91. The summed E-state index contributed by atoms with van der Waals surface area (Å²) in [6.45, 7) is 0.343. The van der Waals surface area contributed by atoms with Crippen LogP contribution in [0.25, 0.3) is 22.0 Å². The van der Waals surface area contributed by atoms with E-state index in [9.17, 15) is 4.79 Å². The number of nitrogens with one attached hydrogen (secondary N) is 1. The summed E-state index contributed by atoms with van der Waals surface area (Å²) in [6.07, 6.45) is 7.21. The van der Waals surface area contributed by atoms with Gasteiger partial charge in [0, 0.05) is 49.9 Å². The van der Waals surface area contributed by atoms with Gasteiger partial charge in [0.05, 0.1) is 22.9 Å². The van der Waals surface area contributed by atoms with Crippen molar-refractivity contribution >= 4 is 10.9 Å². The van der Waals surface area contributed by atoms with Gasteiger partial charge in [0.1, 0.15) is 12.4 Å². The number of H-pyrrole nitrogens is 1. The first-order valence-corrected chi connectivity index (χ1v) is 7.85. The Morgan fingerprint density at radius 2 is 2.08 bits per heavy atom. The summed E-state index contributed by atoms with van der Waals surface area (Å²) in [7, 11) is 3.82. The first-order valence-electron chi connectivity index (χ1n) is 7.85. The lowest BCUT2D eigenvalue weighted by molar-refractivity contribution is 0.301. The quantitative estimate of drug-likeness (QED) is 0.620. The van der Waals surface area contributed by atoms with Crippen molar-refractivity contribution < 1.29 is 4.74 Å². The molecule has 0 saturated carbocycles. The fourth-order valence-electron chi connectivity index (χ4n) is 2.80. The molecule has 7 nitrogen and oxygen atoms in total. The molecule has 1 aromatic carbocycles. The summed E-state index contributed by atoms with van der Waals surface area (Å²) < 4.78 is 9.70. The molecule has 0 spiro atoms. The van der Waals surface area contributed by atoms with Crippen LogP contribution in [0.4, 0.5) is 0 Å². The molecule has 0 unspecified atom stereocenters. The Hall–Kier alpha value is -3.35. The highest BCUT2D eigenvalue weighted by Crippen LogP contribution is 2.33. The maximum atomic E-state index is 12.1. The van der Waals surface area contributed by atoms with Gasteiger partial charge in [-0.3, -0.25) is 9.48 Å². The molecular weight excluding hydrogens is 318 g/mol. The summed E-state index contributed by atoms with van der Waals surface area (Å²) >= 11 is 0.